The molecule has 1 aliphatic heterocycles. The predicted molar refractivity (Wildman–Crippen MR) is 56.5 cm³/mol. The van der Waals surface area contributed by atoms with E-state index in [0.29, 0.717) is 6.04 Å². The monoisotopic (exact) mass is 188 g/mol. The average Bonchev–Trinajstić information content (AvgIpc) is 1.91. The van der Waals surface area contributed by atoms with E-state index in [1.54, 1.807) is 0 Å². The summed E-state index contributed by atoms with van der Waals surface area (Å²) < 4.78 is 2.10. The fraction of sp³-hybridized carbons (Fsp3) is 1.00. The molecule has 1 rings (SSSR count). The van der Waals surface area contributed by atoms with Crippen LogP contribution in [-0.2, 0) is 0 Å². The molecule has 0 radical (unpaired) electrons. The van der Waals surface area contributed by atoms with Crippen molar-refractivity contribution in [1.82, 2.24) is 9.62 Å². The standard InChI is InChI=1S/C9H20N2S/c1-9(2,3)10-8-4-6-11(12)7-5-8/h8,10,12H,4-7H2,1-3H3. The first-order valence-corrected chi connectivity index (χ1v) is 5.09. The number of rotatable bonds is 1. The Balaban J connectivity index is 2.26. The summed E-state index contributed by atoms with van der Waals surface area (Å²) in [7, 11) is 0. The number of hydrogen-bond acceptors (Lipinski definition) is 3. The van der Waals surface area contributed by atoms with E-state index in [-0.39, 0.29) is 5.54 Å². The molecule has 0 aromatic heterocycles. The number of thiol groups is 1. The van der Waals surface area contributed by atoms with Crippen LogP contribution in [0.5, 0.6) is 0 Å². The van der Waals surface area contributed by atoms with Gasteiger partial charge in [-0.05, 0) is 33.6 Å². The van der Waals surface area contributed by atoms with Crippen molar-refractivity contribution in [2.24, 2.45) is 0 Å². The summed E-state index contributed by atoms with van der Waals surface area (Å²) in [5.41, 5.74) is 0.253. The summed E-state index contributed by atoms with van der Waals surface area (Å²) in [6.45, 7) is 8.88. The van der Waals surface area contributed by atoms with Crippen LogP contribution in [0.4, 0.5) is 0 Å². The molecule has 2 nitrogen and oxygen atoms in total. The van der Waals surface area contributed by atoms with Gasteiger partial charge in [-0.3, -0.25) is 4.31 Å². The molecule has 0 unspecified atom stereocenters. The van der Waals surface area contributed by atoms with Crippen LogP contribution in [0.2, 0.25) is 0 Å². The maximum Gasteiger partial charge on any atom is 0.0102 e. The first-order valence-electron chi connectivity index (χ1n) is 4.69. The van der Waals surface area contributed by atoms with Gasteiger partial charge >= 0.3 is 0 Å². The van der Waals surface area contributed by atoms with E-state index in [1.165, 1.54) is 12.8 Å². The Bertz CT molecular complexity index is 134. The lowest BCUT2D eigenvalue weighted by Crippen LogP contribution is -2.47. The number of nitrogens with one attached hydrogen (secondary N) is 1. The zero-order chi connectivity index (χ0) is 9.19. The number of piperidine rings is 1. The third-order valence-electron chi connectivity index (χ3n) is 2.11. The molecule has 1 aliphatic rings. The predicted octanol–water partition coefficient (Wildman–Crippen LogP) is 1.68. The molecule has 0 saturated carbocycles. The molecule has 1 N–H and O–H groups in total. The van der Waals surface area contributed by atoms with Crippen LogP contribution in [-0.4, -0.2) is 29.0 Å². The van der Waals surface area contributed by atoms with E-state index in [4.69, 9.17) is 0 Å². The van der Waals surface area contributed by atoms with Crippen molar-refractivity contribution >= 4 is 12.8 Å². The molecule has 0 bridgehead atoms. The second kappa shape index (κ2) is 3.99. The Morgan fingerprint density at radius 3 is 2.17 bits per heavy atom. The van der Waals surface area contributed by atoms with Gasteiger partial charge in [0.1, 0.15) is 0 Å². The van der Waals surface area contributed by atoms with Gasteiger partial charge in [-0.1, -0.05) is 12.8 Å². The highest BCUT2D eigenvalue weighted by atomic mass is 32.1. The highest BCUT2D eigenvalue weighted by Gasteiger charge is 2.21. The van der Waals surface area contributed by atoms with Gasteiger partial charge in [0, 0.05) is 24.7 Å². The van der Waals surface area contributed by atoms with E-state index in [1.807, 2.05) is 0 Å². The highest BCUT2D eigenvalue weighted by molar-refractivity contribution is 7.77. The molecule has 0 aromatic carbocycles. The summed E-state index contributed by atoms with van der Waals surface area (Å²) in [5, 5.41) is 3.62. The smallest absolute Gasteiger partial charge is 0.0102 e. The topological polar surface area (TPSA) is 15.3 Å². The van der Waals surface area contributed by atoms with E-state index in [2.05, 4.69) is 43.2 Å². The molecule has 1 fully saturated rings. The van der Waals surface area contributed by atoms with Crippen LogP contribution < -0.4 is 5.32 Å². The lowest BCUT2D eigenvalue weighted by molar-refractivity contribution is 0.263. The van der Waals surface area contributed by atoms with Crippen LogP contribution in [0, 0.1) is 0 Å². The molecule has 0 spiro atoms. The number of hydrogen-bond donors (Lipinski definition) is 2. The van der Waals surface area contributed by atoms with Gasteiger partial charge in [0.05, 0.1) is 0 Å². The van der Waals surface area contributed by atoms with Crippen LogP contribution in [0.1, 0.15) is 33.6 Å². The van der Waals surface area contributed by atoms with Crippen molar-refractivity contribution in [3.8, 4) is 0 Å². The third kappa shape index (κ3) is 3.78. The van der Waals surface area contributed by atoms with E-state index < -0.39 is 0 Å². The Labute approximate surface area is 81.3 Å². The Kier molecular flexibility index (Phi) is 3.44. The van der Waals surface area contributed by atoms with E-state index in [9.17, 15) is 0 Å². The molecule has 1 heterocycles. The highest BCUT2D eigenvalue weighted by Crippen LogP contribution is 2.14. The maximum absolute atomic E-state index is 4.32. The van der Waals surface area contributed by atoms with Gasteiger partial charge < -0.3 is 5.32 Å². The molecule has 0 aliphatic carbocycles. The first kappa shape index (κ1) is 10.4. The fourth-order valence-corrected chi connectivity index (χ4v) is 1.85. The van der Waals surface area contributed by atoms with Crippen LogP contribution >= 0.6 is 12.8 Å². The summed E-state index contributed by atoms with van der Waals surface area (Å²) in [6.07, 6.45) is 2.45. The third-order valence-corrected chi connectivity index (χ3v) is 2.51. The van der Waals surface area contributed by atoms with Crippen LogP contribution in [0.15, 0.2) is 0 Å². The molecule has 72 valence electrons. The Hall–Kier alpha value is 0.270. The van der Waals surface area contributed by atoms with Crippen molar-refractivity contribution < 1.29 is 0 Å². The Morgan fingerprint density at radius 1 is 1.25 bits per heavy atom. The summed E-state index contributed by atoms with van der Waals surface area (Å²) in [4.78, 5) is 0. The molecule has 3 heteroatoms. The van der Waals surface area contributed by atoms with Crippen LogP contribution in [0.3, 0.4) is 0 Å². The van der Waals surface area contributed by atoms with Gasteiger partial charge in [-0.25, -0.2) is 0 Å². The first-order chi connectivity index (χ1) is 5.47. The molecular formula is C9H20N2S. The molecule has 0 amide bonds. The molecule has 0 aromatic rings. The minimum absolute atomic E-state index is 0.253. The quantitative estimate of drug-likeness (QED) is 0.609. The average molecular weight is 188 g/mol. The van der Waals surface area contributed by atoms with Gasteiger partial charge in [-0.15, -0.1) is 0 Å². The SMILES string of the molecule is CC(C)(C)NC1CCN(S)CC1. The lowest BCUT2D eigenvalue weighted by atomic mass is 10.0. The zero-order valence-corrected chi connectivity index (χ0v) is 9.19. The van der Waals surface area contributed by atoms with E-state index >= 15 is 0 Å². The zero-order valence-electron chi connectivity index (χ0n) is 8.30. The largest absolute Gasteiger partial charge is 0.309 e. The van der Waals surface area contributed by atoms with Crippen molar-refractivity contribution in [3.05, 3.63) is 0 Å². The Morgan fingerprint density at radius 2 is 1.75 bits per heavy atom. The van der Waals surface area contributed by atoms with Gasteiger partial charge in [0.15, 0.2) is 0 Å². The molecule has 0 atom stereocenters. The minimum Gasteiger partial charge on any atom is -0.309 e. The van der Waals surface area contributed by atoms with E-state index in [0.717, 1.165) is 13.1 Å². The van der Waals surface area contributed by atoms with Crippen LogP contribution in [0.25, 0.3) is 0 Å². The second-order valence-corrected chi connectivity index (χ2v) is 5.19. The van der Waals surface area contributed by atoms with Gasteiger partial charge in [0.25, 0.3) is 0 Å². The van der Waals surface area contributed by atoms with Crippen molar-refractivity contribution in [3.63, 3.8) is 0 Å². The molecule has 1 saturated heterocycles. The van der Waals surface area contributed by atoms with Crippen molar-refractivity contribution in [1.29, 1.82) is 0 Å². The number of nitrogens with zero attached hydrogens (tertiary/aromatic N) is 1. The van der Waals surface area contributed by atoms with Gasteiger partial charge in [-0.2, -0.15) is 0 Å². The lowest BCUT2D eigenvalue weighted by Gasteiger charge is -2.34. The second-order valence-electron chi connectivity index (χ2n) is 4.62. The van der Waals surface area contributed by atoms with Crippen molar-refractivity contribution in [2.75, 3.05) is 13.1 Å². The summed E-state index contributed by atoms with van der Waals surface area (Å²) in [5.74, 6) is 0. The fourth-order valence-electron chi connectivity index (χ4n) is 1.62. The normalized spacial score (nSPS) is 23.0. The molecule has 12 heavy (non-hydrogen) atoms. The van der Waals surface area contributed by atoms with Crippen molar-refractivity contribution in [2.45, 2.75) is 45.2 Å². The molecular weight excluding hydrogens is 168 g/mol. The summed E-state index contributed by atoms with van der Waals surface area (Å²) >= 11 is 4.32. The van der Waals surface area contributed by atoms with Gasteiger partial charge in [0.2, 0.25) is 0 Å². The summed E-state index contributed by atoms with van der Waals surface area (Å²) in [6, 6.07) is 0.688. The minimum atomic E-state index is 0.253. The maximum atomic E-state index is 4.32.